The number of ether oxygens (including phenoxy) is 3. The van der Waals surface area contributed by atoms with Crippen molar-refractivity contribution < 1.29 is 58.5 Å². The van der Waals surface area contributed by atoms with E-state index in [9.17, 15) is 44.3 Å². The highest BCUT2D eigenvalue weighted by molar-refractivity contribution is 5.98. The fraction of sp³-hybridized carbons (Fsp3) is 0.389. The number of carbonyl (C=O) groups excluding carboxylic acids is 1. The topological polar surface area (TPSA) is 94.6 Å². The summed E-state index contributed by atoms with van der Waals surface area (Å²) in [5.74, 6) is -2.61. The molecule has 0 radical (unpaired) electrons. The summed E-state index contributed by atoms with van der Waals surface area (Å²) in [6, 6.07) is 4.02. The van der Waals surface area contributed by atoms with E-state index in [0.717, 1.165) is 19.1 Å². The molecule has 1 aromatic carbocycles. The summed E-state index contributed by atoms with van der Waals surface area (Å²) in [4.78, 5) is 19.0. The van der Waals surface area contributed by atoms with E-state index in [1.165, 1.54) is 12.1 Å². The van der Waals surface area contributed by atoms with Gasteiger partial charge in [-0.25, -0.2) is 4.79 Å². The van der Waals surface area contributed by atoms with Gasteiger partial charge in [0.1, 0.15) is 5.75 Å². The Kier molecular flexibility index (Phi) is 8.46. The maximum atomic E-state index is 12.5. The highest BCUT2D eigenvalue weighted by Gasteiger charge is 2.38. The van der Waals surface area contributed by atoms with Crippen LogP contribution in [0.15, 0.2) is 30.3 Å². The molecule has 1 aromatic heterocycles. The van der Waals surface area contributed by atoms with E-state index in [1.54, 1.807) is 0 Å². The monoisotopic (exact) mass is 522 g/mol. The van der Waals surface area contributed by atoms with Crippen LogP contribution < -0.4 is 24.8 Å². The maximum absolute atomic E-state index is 12.5. The molecule has 0 bridgehead atoms. The highest BCUT2D eigenvalue weighted by Crippen LogP contribution is 2.26. The normalized spacial score (nSPS) is 13.1. The Labute approximate surface area is 190 Å². The lowest BCUT2D eigenvalue weighted by atomic mass is 10.3. The van der Waals surface area contributed by atoms with Crippen molar-refractivity contribution in [3.05, 3.63) is 30.3 Å². The van der Waals surface area contributed by atoms with Crippen LogP contribution >= 0.6 is 0 Å². The third kappa shape index (κ3) is 10.4. The molecule has 0 aliphatic carbocycles. The Balaban J connectivity index is 2.08. The van der Waals surface area contributed by atoms with Crippen molar-refractivity contribution in [2.75, 3.05) is 23.8 Å². The Morgan fingerprint density at radius 3 is 1.77 bits per heavy atom. The number of hydrogen-bond donors (Lipinski definition) is 2. The molecule has 194 valence electrons. The number of halogens is 9. The van der Waals surface area contributed by atoms with E-state index in [2.05, 4.69) is 24.8 Å². The van der Waals surface area contributed by atoms with Gasteiger partial charge in [-0.1, -0.05) is 0 Å². The molecule has 0 fully saturated rings. The zero-order valence-electron chi connectivity index (χ0n) is 17.3. The number of hydrogen-bond acceptors (Lipinski definition) is 6. The van der Waals surface area contributed by atoms with Crippen molar-refractivity contribution in [3.63, 3.8) is 0 Å². The molecule has 17 heteroatoms. The van der Waals surface area contributed by atoms with Crippen LogP contribution in [0.3, 0.4) is 0 Å². The molecule has 0 saturated carbocycles. The van der Waals surface area contributed by atoms with Crippen LogP contribution in [-0.4, -0.2) is 53.8 Å². The molecular weight excluding hydrogens is 507 g/mol. The number of rotatable bonds is 8. The molecule has 0 saturated heterocycles. The first kappa shape index (κ1) is 27.6. The predicted octanol–water partition coefficient (Wildman–Crippen LogP) is 5.33. The number of anilines is 2. The SMILES string of the molecule is CC(Oc1ccc(NC(=O)Nc2nc(OCC(F)(F)F)cc(OCC(F)(F)F)n2)cc1)C(F)(F)F. The molecule has 2 rings (SSSR count). The lowest BCUT2D eigenvalue weighted by Gasteiger charge is -2.17. The Hall–Kier alpha value is -3.66. The van der Waals surface area contributed by atoms with E-state index in [0.29, 0.717) is 6.07 Å². The third-order valence-electron chi connectivity index (χ3n) is 3.56. The van der Waals surface area contributed by atoms with Crippen LogP contribution in [0.25, 0.3) is 0 Å². The fourth-order valence-corrected chi connectivity index (χ4v) is 2.07. The van der Waals surface area contributed by atoms with Gasteiger partial charge >= 0.3 is 24.6 Å². The molecular formula is C18H15F9N4O4. The zero-order valence-corrected chi connectivity index (χ0v) is 17.3. The second-order valence-electron chi connectivity index (χ2n) is 6.58. The summed E-state index contributed by atoms with van der Waals surface area (Å²) in [5, 5.41) is 4.16. The summed E-state index contributed by atoms with van der Waals surface area (Å²) in [6.45, 7) is -2.88. The van der Waals surface area contributed by atoms with Crippen LogP contribution in [0, 0.1) is 0 Å². The average molecular weight is 522 g/mol. The standard InChI is InChI=1S/C18H15F9N4O4/c1-9(18(25,26)27)35-11-4-2-10(3-5-11)28-15(32)31-14-29-12(33-7-16(19,20)21)6-13(30-14)34-8-17(22,23)24/h2-6,9H,7-8H2,1H3,(H2,28,29,30,31,32). The largest absolute Gasteiger partial charge is 0.481 e. The summed E-state index contributed by atoms with van der Waals surface area (Å²) in [5.41, 5.74) is 0.0348. The summed E-state index contributed by atoms with van der Waals surface area (Å²) in [6.07, 6.45) is -16.3. The number of amides is 2. The number of nitrogens with zero attached hydrogens (tertiary/aromatic N) is 2. The van der Waals surface area contributed by atoms with Crippen molar-refractivity contribution in [1.82, 2.24) is 9.97 Å². The van der Waals surface area contributed by atoms with Gasteiger partial charge in [-0.05, 0) is 31.2 Å². The Morgan fingerprint density at radius 1 is 0.857 bits per heavy atom. The van der Waals surface area contributed by atoms with Crippen molar-refractivity contribution in [3.8, 4) is 17.5 Å². The first-order chi connectivity index (χ1) is 16.0. The van der Waals surface area contributed by atoms with Crippen molar-refractivity contribution >= 4 is 17.7 Å². The Bertz CT molecular complexity index is 959. The van der Waals surface area contributed by atoms with Gasteiger partial charge in [-0.3, -0.25) is 5.32 Å². The molecule has 2 aromatic rings. The van der Waals surface area contributed by atoms with E-state index < -0.39 is 61.6 Å². The van der Waals surface area contributed by atoms with Crippen LogP contribution in [0.2, 0.25) is 0 Å². The maximum Gasteiger partial charge on any atom is 0.425 e. The van der Waals surface area contributed by atoms with Crippen molar-refractivity contribution in [2.24, 2.45) is 0 Å². The average Bonchev–Trinajstić information content (AvgIpc) is 2.70. The molecule has 8 nitrogen and oxygen atoms in total. The fourth-order valence-electron chi connectivity index (χ4n) is 2.07. The smallest absolute Gasteiger partial charge is 0.425 e. The van der Waals surface area contributed by atoms with Crippen LogP contribution in [-0.2, 0) is 0 Å². The predicted molar refractivity (Wildman–Crippen MR) is 100 cm³/mol. The van der Waals surface area contributed by atoms with Gasteiger partial charge in [0.2, 0.25) is 17.7 Å². The van der Waals surface area contributed by atoms with Gasteiger partial charge in [-0.2, -0.15) is 49.5 Å². The van der Waals surface area contributed by atoms with E-state index >= 15 is 0 Å². The highest BCUT2D eigenvalue weighted by atomic mass is 19.4. The van der Waals surface area contributed by atoms with Gasteiger partial charge in [0.25, 0.3) is 0 Å². The molecule has 35 heavy (non-hydrogen) atoms. The number of nitrogens with one attached hydrogen (secondary N) is 2. The summed E-state index contributed by atoms with van der Waals surface area (Å²) >= 11 is 0. The van der Waals surface area contributed by atoms with Crippen molar-refractivity contribution in [1.29, 1.82) is 0 Å². The number of benzene rings is 1. The van der Waals surface area contributed by atoms with Crippen LogP contribution in [0.5, 0.6) is 17.5 Å². The van der Waals surface area contributed by atoms with Gasteiger partial charge in [0.15, 0.2) is 19.3 Å². The third-order valence-corrected chi connectivity index (χ3v) is 3.56. The van der Waals surface area contributed by atoms with E-state index in [-0.39, 0.29) is 11.4 Å². The van der Waals surface area contributed by atoms with Crippen molar-refractivity contribution in [2.45, 2.75) is 31.6 Å². The van der Waals surface area contributed by atoms with Gasteiger partial charge < -0.3 is 19.5 Å². The lowest BCUT2D eigenvalue weighted by molar-refractivity contribution is -0.189. The Morgan fingerprint density at radius 2 is 1.34 bits per heavy atom. The summed E-state index contributed by atoms with van der Waals surface area (Å²) in [7, 11) is 0. The molecule has 1 atom stereocenters. The van der Waals surface area contributed by atoms with E-state index in [4.69, 9.17) is 4.74 Å². The van der Waals surface area contributed by atoms with Crippen LogP contribution in [0.4, 0.5) is 55.9 Å². The van der Waals surface area contributed by atoms with Gasteiger partial charge in [0.05, 0.1) is 6.07 Å². The number of urea groups is 1. The number of aromatic nitrogens is 2. The van der Waals surface area contributed by atoms with E-state index in [1.807, 2.05) is 5.32 Å². The minimum Gasteiger partial charge on any atom is -0.481 e. The molecule has 0 spiro atoms. The van der Waals surface area contributed by atoms with Gasteiger partial charge in [0, 0.05) is 5.69 Å². The summed E-state index contributed by atoms with van der Waals surface area (Å²) < 4.78 is 125. The second kappa shape index (κ2) is 10.7. The molecule has 1 heterocycles. The molecule has 2 amide bonds. The molecule has 0 aliphatic rings. The lowest BCUT2D eigenvalue weighted by Crippen LogP contribution is -2.31. The second-order valence-corrected chi connectivity index (χ2v) is 6.58. The van der Waals surface area contributed by atoms with Crippen LogP contribution in [0.1, 0.15) is 6.92 Å². The number of alkyl halides is 9. The first-order valence-electron chi connectivity index (χ1n) is 9.20. The minimum atomic E-state index is -4.79. The molecule has 1 unspecified atom stereocenters. The molecule has 0 aliphatic heterocycles. The quantitative estimate of drug-likeness (QED) is 0.455. The first-order valence-corrected chi connectivity index (χ1v) is 9.20. The number of carbonyl (C=O) groups is 1. The zero-order chi connectivity index (χ0) is 26.4. The minimum absolute atomic E-state index is 0.0348. The van der Waals surface area contributed by atoms with Gasteiger partial charge in [-0.15, -0.1) is 0 Å². The molecule has 2 N–H and O–H groups in total.